The molecule has 0 N–H and O–H groups in total. The van der Waals surface area contributed by atoms with Gasteiger partial charge in [0.25, 0.3) is 0 Å². The minimum absolute atomic E-state index is 0.149. The van der Waals surface area contributed by atoms with Crippen LogP contribution in [0.5, 0.6) is 0 Å². The fraction of sp³-hybridized carbons (Fsp3) is 0.421. The molecule has 1 aromatic carbocycles. The maximum absolute atomic E-state index is 5.65. The summed E-state index contributed by atoms with van der Waals surface area (Å²) in [5, 5.41) is 8.88. The van der Waals surface area contributed by atoms with E-state index in [9.17, 15) is 0 Å². The van der Waals surface area contributed by atoms with Gasteiger partial charge in [-0.3, -0.25) is 4.68 Å². The molecule has 26 heavy (non-hydrogen) atoms. The SMILES string of the molecule is CCOC(C)c1nc(-c2cccc(-c3cnn(C)c3)c2)n(CCOC)n1. The van der Waals surface area contributed by atoms with Gasteiger partial charge in [-0.1, -0.05) is 18.2 Å². The van der Waals surface area contributed by atoms with Crippen molar-refractivity contribution in [1.82, 2.24) is 24.5 Å². The molecule has 0 radical (unpaired) electrons. The lowest BCUT2D eigenvalue weighted by Gasteiger charge is -2.06. The molecule has 0 fully saturated rings. The molecule has 0 aliphatic heterocycles. The monoisotopic (exact) mass is 355 g/mol. The van der Waals surface area contributed by atoms with Crippen LogP contribution in [0.25, 0.3) is 22.5 Å². The molecule has 0 aliphatic rings. The highest BCUT2D eigenvalue weighted by Gasteiger charge is 2.17. The Morgan fingerprint density at radius 3 is 2.69 bits per heavy atom. The van der Waals surface area contributed by atoms with E-state index in [4.69, 9.17) is 14.5 Å². The van der Waals surface area contributed by atoms with Crippen LogP contribution < -0.4 is 0 Å². The third-order valence-corrected chi connectivity index (χ3v) is 4.13. The number of aryl methyl sites for hydroxylation is 1. The van der Waals surface area contributed by atoms with Crippen molar-refractivity contribution in [1.29, 1.82) is 0 Å². The van der Waals surface area contributed by atoms with E-state index in [1.165, 1.54) is 0 Å². The molecule has 7 heteroatoms. The minimum atomic E-state index is -0.149. The Bertz CT molecular complexity index is 855. The number of methoxy groups -OCH3 is 1. The molecule has 1 unspecified atom stereocenters. The molecule has 2 heterocycles. The summed E-state index contributed by atoms with van der Waals surface area (Å²) in [4.78, 5) is 4.74. The lowest BCUT2D eigenvalue weighted by molar-refractivity contribution is 0.0697. The van der Waals surface area contributed by atoms with E-state index in [0.29, 0.717) is 25.6 Å². The summed E-state index contributed by atoms with van der Waals surface area (Å²) in [7, 11) is 3.60. The average Bonchev–Trinajstić information content (AvgIpc) is 3.27. The fourth-order valence-electron chi connectivity index (χ4n) is 2.81. The first-order chi connectivity index (χ1) is 12.6. The molecule has 2 aromatic heterocycles. The van der Waals surface area contributed by atoms with Crippen molar-refractivity contribution in [2.75, 3.05) is 20.3 Å². The van der Waals surface area contributed by atoms with Crippen LogP contribution in [0.2, 0.25) is 0 Å². The molecular weight excluding hydrogens is 330 g/mol. The molecule has 0 spiro atoms. The van der Waals surface area contributed by atoms with Crippen molar-refractivity contribution in [2.24, 2.45) is 7.05 Å². The molecular formula is C19H25N5O2. The van der Waals surface area contributed by atoms with Crippen LogP contribution in [0.15, 0.2) is 36.7 Å². The smallest absolute Gasteiger partial charge is 0.179 e. The summed E-state index contributed by atoms with van der Waals surface area (Å²) < 4.78 is 14.6. The number of benzene rings is 1. The first kappa shape index (κ1) is 18.3. The largest absolute Gasteiger partial charge is 0.383 e. The van der Waals surface area contributed by atoms with E-state index >= 15 is 0 Å². The second kappa shape index (κ2) is 8.25. The lowest BCUT2D eigenvalue weighted by atomic mass is 10.1. The quantitative estimate of drug-likeness (QED) is 0.621. The van der Waals surface area contributed by atoms with Crippen molar-refractivity contribution in [3.05, 3.63) is 42.5 Å². The lowest BCUT2D eigenvalue weighted by Crippen LogP contribution is -2.08. The van der Waals surface area contributed by atoms with Gasteiger partial charge in [0.05, 0.1) is 19.3 Å². The zero-order valence-electron chi connectivity index (χ0n) is 15.7. The fourth-order valence-corrected chi connectivity index (χ4v) is 2.81. The Balaban J connectivity index is 1.98. The Morgan fingerprint density at radius 2 is 2.00 bits per heavy atom. The number of ether oxygens (including phenoxy) is 2. The normalized spacial score (nSPS) is 12.5. The van der Waals surface area contributed by atoms with Gasteiger partial charge in [-0.05, 0) is 25.5 Å². The van der Waals surface area contributed by atoms with Crippen molar-refractivity contribution < 1.29 is 9.47 Å². The van der Waals surface area contributed by atoms with Crippen molar-refractivity contribution >= 4 is 0 Å². The van der Waals surface area contributed by atoms with Gasteiger partial charge in [-0.15, -0.1) is 0 Å². The van der Waals surface area contributed by atoms with E-state index < -0.39 is 0 Å². The van der Waals surface area contributed by atoms with Crippen LogP contribution in [0.3, 0.4) is 0 Å². The maximum Gasteiger partial charge on any atom is 0.179 e. The summed E-state index contributed by atoms with van der Waals surface area (Å²) in [6.07, 6.45) is 3.71. The van der Waals surface area contributed by atoms with E-state index in [2.05, 4.69) is 22.3 Å². The van der Waals surface area contributed by atoms with Gasteiger partial charge < -0.3 is 9.47 Å². The van der Waals surface area contributed by atoms with Gasteiger partial charge in [0, 0.05) is 38.1 Å². The molecule has 0 aliphatic carbocycles. The zero-order chi connectivity index (χ0) is 18.5. The summed E-state index contributed by atoms with van der Waals surface area (Å²) >= 11 is 0. The third-order valence-electron chi connectivity index (χ3n) is 4.13. The van der Waals surface area contributed by atoms with Crippen molar-refractivity contribution in [2.45, 2.75) is 26.5 Å². The standard InChI is InChI=1S/C19H25N5O2/c1-5-26-14(2)18-21-19(24(22-18)9-10-25-4)16-8-6-7-15(11-16)17-12-20-23(3)13-17/h6-8,11-14H,5,9-10H2,1-4H3. The Kier molecular flexibility index (Phi) is 5.80. The van der Waals surface area contributed by atoms with E-state index in [0.717, 1.165) is 22.5 Å². The molecule has 7 nitrogen and oxygen atoms in total. The molecule has 1 atom stereocenters. The first-order valence-corrected chi connectivity index (χ1v) is 8.77. The number of hydrogen-bond donors (Lipinski definition) is 0. The van der Waals surface area contributed by atoms with Crippen LogP contribution >= 0.6 is 0 Å². The molecule has 0 saturated heterocycles. The van der Waals surface area contributed by atoms with E-state index in [1.807, 2.05) is 50.1 Å². The Hall–Kier alpha value is -2.51. The van der Waals surface area contributed by atoms with Crippen LogP contribution in [-0.2, 0) is 23.1 Å². The summed E-state index contributed by atoms with van der Waals surface area (Å²) in [5.41, 5.74) is 3.17. The summed E-state index contributed by atoms with van der Waals surface area (Å²) in [5.74, 6) is 1.50. The topological polar surface area (TPSA) is 67.0 Å². The van der Waals surface area contributed by atoms with E-state index in [1.54, 1.807) is 11.8 Å². The van der Waals surface area contributed by atoms with Gasteiger partial charge in [-0.2, -0.15) is 10.2 Å². The highest BCUT2D eigenvalue weighted by atomic mass is 16.5. The number of aromatic nitrogens is 5. The highest BCUT2D eigenvalue weighted by molar-refractivity contribution is 5.69. The van der Waals surface area contributed by atoms with Gasteiger partial charge in [0.1, 0.15) is 6.10 Å². The van der Waals surface area contributed by atoms with Crippen molar-refractivity contribution in [3.8, 4) is 22.5 Å². The number of rotatable bonds is 8. The number of nitrogens with zero attached hydrogens (tertiary/aromatic N) is 5. The molecule has 0 bridgehead atoms. The van der Waals surface area contributed by atoms with Crippen LogP contribution in [0.4, 0.5) is 0 Å². The molecule has 0 amide bonds. The molecule has 0 saturated carbocycles. The molecule has 138 valence electrons. The maximum atomic E-state index is 5.65. The second-order valence-corrected chi connectivity index (χ2v) is 6.09. The molecule has 3 rings (SSSR count). The van der Waals surface area contributed by atoms with E-state index in [-0.39, 0.29) is 6.10 Å². The first-order valence-electron chi connectivity index (χ1n) is 8.77. The van der Waals surface area contributed by atoms with Crippen LogP contribution in [-0.4, -0.2) is 44.9 Å². The predicted octanol–water partition coefficient (Wildman–Crippen LogP) is 3.09. The Labute approximate surface area is 153 Å². The van der Waals surface area contributed by atoms with Crippen LogP contribution in [0.1, 0.15) is 25.8 Å². The van der Waals surface area contributed by atoms with Crippen LogP contribution in [0, 0.1) is 0 Å². The predicted molar refractivity (Wildman–Crippen MR) is 99.6 cm³/mol. The minimum Gasteiger partial charge on any atom is -0.383 e. The Morgan fingerprint density at radius 1 is 1.19 bits per heavy atom. The third kappa shape index (κ3) is 4.00. The van der Waals surface area contributed by atoms with Crippen molar-refractivity contribution in [3.63, 3.8) is 0 Å². The van der Waals surface area contributed by atoms with Gasteiger partial charge in [0.2, 0.25) is 0 Å². The van der Waals surface area contributed by atoms with Gasteiger partial charge in [0.15, 0.2) is 11.6 Å². The van der Waals surface area contributed by atoms with Gasteiger partial charge in [-0.25, -0.2) is 9.67 Å². The highest BCUT2D eigenvalue weighted by Crippen LogP contribution is 2.26. The molecule has 3 aromatic rings. The summed E-state index contributed by atoms with van der Waals surface area (Å²) in [6, 6.07) is 8.25. The number of hydrogen-bond acceptors (Lipinski definition) is 5. The second-order valence-electron chi connectivity index (χ2n) is 6.09. The average molecular weight is 355 g/mol. The summed E-state index contributed by atoms with van der Waals surface area (Å²) in [6.45, 7) is 5.77. The zero-order valence-corrected chi connectivity index (χ0v) is 15.7. The van der Waals surface area contributed by atoms with Gasteiger partial charge >= 0.3 is 0 Å².